The van der Waals surface area contributed by atoms with Crippen molar-refractivity contribution >= 4 is 17.3 Å². The van der Waals surface area contributed by atoms with Gasteiger partial charge in [-0.15, -0.1) is 0 Å². The van der Waals surface area contributed by atoms with E-state index in [0.29, 0.717) is 0 Å². The molecule has 0 saturated carbocycles. The molecular weight excluding hydrogens is 498 g/mol. The Kier molecular flexibility index (Phi) is 6.74. The highest BCUT2D eigenvalue weighted by atomic mass is 16.7. The lowest BCUT2D eigenvalue weighted by molar-refractivity contribution is -0.243. The minimum atomic E-state index is -1.06. The van der Waals surface area contributed by atoms with Crippen molar-refractivity contribution in [2.45, 2.75) is 56.8 Å². The van der Waals surface area contributed by atoms with Crippen molar-refractivity contribution in [1.82, 2.24) is 0 Å². The highest BCUT2D eigenvalue weighted by Gasteiger charge is 2.45. The number of phenols is 2. The second-order valence-corrected chi connectivity index (χ2v) is 9.93. The van der Waals surface area contributed by atoms with Gasteiger partial charge >= 0.3 is 0 Å². The molecule has 202 valence electrons. The molecule has 6 N–H and O–H groups in total. The molecule has 0 spiro atoms. The number of hydrogen-bond acceptors (Lipinski definition) is 11. The molecule has 3 aliphatic rings. The van der Waals surface area contributed by atoms with Crippen molar-refractivity contribution < 1.29 is 49.0 Å². The second kappa shape index (κ2) is 9.75. The molecule has 1 saturated heterocycles. The van der Waals surface area contributed by atoms with Crippen molar-refractivity contribution in [2.75, 3.05) is 13.7 Å². The zero-order valence-electron chi connectivity index (χ0n) is 20.8. The second-order valence-electron chi connectivity index (χ2n) is 9.93. The van der Waals surface area contributed by atoms with Crippen LogP contribution in [0.5, 0.6) is 17.2 Å². The first-order valence-corrected chi connectivity index (χ1v) is 12.3. The Labute approximate surface area is 217 Å². The summed E-state index contributed by atoms with van der Waals surface area (Å²) in [6.07, 6.45) is -3.54. The molecule has 1 aliphatic heterocycles. The maximum atomic E-state index is 13.6. The number of methoxy groups -OCH3 is 1. The van der Waals surface area contributed by atoms with Crippen LogP contribution in [0.2, 0.25) is 0 Å². The fraction of sp³-hybridized carbons (Fsp3) is 0.444. The van der Waals surface area contributed by atoms with Crippen LogP contribution in [0, 0.1) is 5.92 Å². The van der Waals surface area contributed by atoms with Crippen LogP contribution in [0.1, 0.15) is 68.8 Å². The van der Waals surface area contributed by atoms with Crippen molar-refractivity contribution in [3.8, 4) is 17.2 Å². The van der Waals surface area contributed by atoms with Crippen LogP contribution in [-0.4, -0.2) is 76.0 Å². The molecule has 2 aliphatic carbocycles. The lowest BCUT2D eigenvalue weighted by Gasteiger charge is -2.40. The summed E-state index contributed by atoms with van der Waals surface area (Å²) in [6, 6.07) is 3.83. The number of phenolic OH excluding ortho intramolecular Hbond substituents is 2. The minimum absolute atomic E-state index is 0.00621. The topological polar surface area (TPSA) is 186 Å². The fourth-order valence-corrected chi connectivity index (χ4v) is 5.73. The summed E-state index contributed by atoms with van der Waals surface area (Å²) in [5.41, 5.74) is 5.39. The summed E-state index contributed by atoms with van der Waals surface area (Å²) in [5.74, 6) is -3.64. The number of aliphatic hydroxyl groups excluding tert-OH is 2. The first-order valence-electron chi connectivity index (χ1n) is 12.3. The molecule has 6 atom stereocenters. The van der Waals surface area contributed by atoms with Gasteiger partial charge in [0.2, 0.25) is 5.78 Å². The normalized spacial score (nSPS) is 28.3. The summed E-state index contributed by atoms with van der Waals surface area (Å²) < 4.78 is 17.2. The highest BCUT2D eigenvalue weighted by molar-refractivity contribution is 6.31. The Morgan fingerprint density at radius 1 is 1.11 bits per heavy atom. The van der Waals surface area contributed by atoms with E-state index in [1.54, 1.807) is 6.92 Å². The number of rotatable bonds is 5. The molecule has 0 bridgehead atoms. The van der Waals surface area contributed by atoms with E-state index in [1.807, 2.05) is 0 Å². The van der Waals surface area contributed by atoms with Gasteiger partial charge in [0.15, 0.2) is 17.9 Å². The third-order valence-electron chi connectivity index (χ3n) is 7.71. The van der Waals surface area contributed by atoms with Crippen molar-refractivity contribution in [1.29, 1.82) is 0 Å². The third kappa shape index (κ3) is 3.98. The molecule has 1 heterocycles. The number of aromatic hydroxyl groups is 2. The molecule has 11 heteroatoms. The Morgan fingerprint density at radius 2 is 1.82 bits per heavy atom. The average Bonchev–Trinajstić information content (AvgIpc) is 2.90. The quantitative estimate of drug-likeness (QED) is 0.297. The number of fused-ring (bicyclic) bond motifs is 3. The number of carbonyl (C=O) groups excluding carboxylic acids is 3. The van der Waals surface area contributed by atoms with Gasteiger partial charge in [-0.3, -0.25) is 14.4 Å². The predicted molar refractivity (Wildman–Crippen MR) is 130 cm³/mol. The lowest BCUT2D eigenvalue weighted by atomic mass is 9.73. The standard InChI is InChI=1S/C27H29NO10/c1-10-23(31)14(28)8-18(37-10)38-17-7-11(15(30)9-29)6-13-20(17)27(35)22-21(25(13)33)24(32)12-4-3-5-16(36-2)19(12)26(22)34/h3-5,10-11,14,17-18,23,29,31,33,35H,6-9,28H2,1-2H3/t10-,11?,14-,17?,18?,23+/m0/s1. The summed E-state index contributed by atoms with van der Waals surface area (Å²) in [6.45, 7) is 0.880. The summed E-state index contributed by atoms with van der Waals surface area (Å²) in [5, 5.41) is 42.4. The maximum absolute atomic E-state index is 13.6. The Morgan fingerprint density at radius 3 is 2.47 bits per heavy atom. The minimum Gasteiger partial charge on any atom is -0.507 e. The van der Waals surface area contributed by atoms with Crippen molar-refractivity contribution in [3.05, 3.63) is 51.6 Å². The first-order chi connectivity index (χ1) is 18.1. The van der Waals surface area contributed by atoms with Gasteiger partial charge in [0.25, 0.3) is 0 Å². The number of carbonyl (C=O) groups is 3. The average molecular weight is 528 g/mol. The van der Waals surface area contributed by atoms with Crippen molar-refractivity contribution in [2.24, 2.45) is 11.7 Å². The largest absolute Gasteiger partial charge is 0.507 e. The van der Waals surface area contributed by atoms with E-state index in [1.165, 1.54) is 25.3 Å². The molecule has 11 nitrogen and oxygen atoms in total. The van der Waals surface area contributed by atoms with Crippen LogP contribution < -0.4 is 10.5 Å². The molecule has 2 aromatic carbocycles. The van der Waals surface area contributed by atoms with Gasteiger partial charge in [-0.1, -0.05) is 12.1 Å². The molecule has 0 radical (unpaired) electrons. The Bertz CT molecular complexity index is 1330. The molecule has 0 amide bonds. The number of ether oxygens (including phenoxy) is 3. The molecule has 1 fully saturated rings. The van der Waals surface area contributed by atoms with E-state index in [2.05, 4.69) is 0 Å². The van der Waals surface area contributed by atoms with Crippen LogP contribution in [-0.2, 0) is 20.7 Å². The summed E-state index contributed by atoms with van der Waals surface area (Å²) in [7, 11) is 1.35. The zero-order valence-corrected chi connectivity index (χ0v) is 20.8. The Balaban J connectivity index is 1.65. The zero-order chi connectivity index (χ0) is 27.5. The summed E-state index contributed by atoms with van der Waals surface area (Å²) >= 11 is 0. The van der Waals surface area contributed by atoms with E-state index < -0.39 is 72.0 Å². The van der Waals surface area contributed by atoms with Gasteiger partial charge in [-0.2, -0.15) is 0 Å². The van der Waals surface area contributed by atoms with Gasteiger partial charge in [0.05, 0.1) is 42.1 Å². The molecule has 3 unspecified atom stereocenters. The molecule has 38 heavy (non-hydrogen) atoms. The first kappa shape index (κ1) is 26.3. The van der Waals surface area contributed by atoms with E-state index in [4.69, 9.17) is 19.9 Å². The maximum Gasteiger partial charge on any atom is 0.202 e. The number of Topliss-reactive ketones (excluding diaryl/α,β-unsaturated/α-hetero) is 1. The number of aliphatic hydroxyl groups is 2. The van der Waals surface area contributed by atoms with Crippen LogP contribution >= 0.6 is 0 Å². The van der Waals surface area contributed by atoms with Crippen LogP contribution in [0.15, 0.2) is 18.2 Å². The van der Waals surface area contributed by atoms with Gasteiger partial charge in [-0.05, 0) is 25.8 Å². The smallest absolute Gasteiger partial charge is 0.202 e. The fourth-order valence-electron chi connectivity index (χ4n) is 5.73. The third-order valence-corrected chi connectivity index (χ3v) is 7.71. The lowest BCUT2D eigenvalue weighted by Crippen LogP contribution is -2.52. The van der Waals surface area contributed by atoms with E-state index in [9.17, 15) is 34.8 Å². The summed E-state index contributed by atoms with van der Waals surface area (Å²) in [4.78, 5) is 39.6. The van der Waals surface area contributed by atoms with Gasteiger partial charge in [-0.25, -0.2) is 0 Å². The van der Waals surface area contributed by atoms with Gasteiger partial charge < -0.3 is 40.4 Å². The van der Waals surface area contributed by atoms with Crippen LogP contribution in [0.4, 0.5) is 0 Å². The molecule has 0 aromatic heterocycles. The molecule has 5 rings (SSSR count). The van der Waals surface area contributed by atoms with Crippen LogP contribution in [0.3, 0.4) is 0 Å². The van der Waals surface area contributed by atoms with E-state index in [-0.39, 0.29) is 58.4 Å². The number of benzene rings is 2. The van der Waals surface area contributed by atoms with Gasteiger partial charge in [0, 0.05) is 35.1 Å². The number of ketones is 3. The molecular formula is C27H29NO10. The SMILES string of the molecule is COc1cccc2c1C(=O)c1c(O)c3c(c(O)c1C2=O)CC(C(=O)CO)CC3OC1C[C@H](N)[C@H](O)[C@H](C)O1. The van der Waals surface area contributed by atoms with Crippen molar-refractivity contribution in [3.63, 3.8) is 0 Å². The Hall–Kier alpha value is -3.35. The van der Waals surface area contributed by atoms with E-state index >= 15 is 0 Å². The van der Waals surface area contributed by atoms with Crippen LogP contribution in [0.25, 0.3) is 0 Å². The predicted octanol–water partition coefficient (Wildman–Crippen LogP) is 0.886. The monoisotopic (exact) mass is 527 g/mol. The highest BCUT2D eigenvalue weighted by Crippen LogP contribution is 2.51. The van der Waals surface area contributed by atoms with Gasteiger partial charge in [0.1, 0.15) is 23.9 Å². The van der Waals surface area contributed by atoms with E-state index in [0.717, 1.165) is 0 Å². The molecule has 2 aromatic rings. The number of nitrogens with two attached hydrogens (primary N) is 1. The number of hydrogen-bond donors (Lipinski definition) is 5.